The highest BCUT2D eigenvalue weighted by Gasteiger charge is 2.25. The molecule has 0 aliphatic carbocycles. The molecular formula is C15H19BrN4OS. The van der Waals surface area contributed by atoms with Gasteiger partial charge in [-0.1, -0.05) is 6.92 Å². The highest BCUT2D eigenvalue weighted by molar-refractivity contribution is 9.10. The van der Waals surface area contributed by atoms with Gasteiger partial charge in [-0.15, -0.1) is 11.3 Å². The van der Waals surface area contributed by atoms with E-state index in [-0.39, 0.29) is 5.56 Å². The van der Waals surface area contributed by atoms with Crippen LogP contribution in [0.5, 0.6) is 0 Å². The predicted molar refractivity (Wildman–Crippen MR) is 92.9 cm³/mol. The predicted octanol–water partition coefficient (Wildman–Crippen LogP) is 2.95. The van der Waals surface area contributed by atoms with Crippen molar-refractivity contribution in [2.75, 3.05) is 18.0 Å². The SMILES string of the molecule is CCc1csc(C2CCCN(c3cnn(C)c(=O)c3Br)C2)n1. The number of halogens is 1. The van der Waals surface area contributed by atoms with E-state index in [9.17, 15) is 4.79 Å². The number of piperidine rings is 1. The number of thiazole rings is 1. The molecular weight excluding hydrogens is 364 g/mol. The van der Waals surface area contributed by atoms with Crippen molar-refractivity contribution >= 4 is 33.0 Å². The zero-order valence-corrected chi connectivity index (χ0v) is 15.2. The number of aromatic nitrogens is 3. The average Bonchev–Trinajstić information content (AvgIpc) is 3.02. The van der Waals surface area contributed by atoms with Gasteiger partial charge in [-0.2, -0.15) is 5.10 Å². The van der Waals surface area contributed by atoms with Crippen molar-refractivity contribution in [1.82, 2.24) is 14.8 Å². The summed E-state index contributed by atoms with van der Waals surface area (Å²) >= 11 is 5.19. The minimum atomic E-state index is -0.0952. The molecule has 5 nitrogen and oxygen atoms in total. The van der Waals surface area contributed by atoms with Gasteiger partial charge < -0.3 is 4.90 Å². The van der Waals surface area contributed by atoms with Crippen LogP contribution in [0.2, 0.25) is 0 Å². The van der Waals surface area contributed by atoms with Gasteiger partial charge in [0.1, 0.15) is 4.47 Å². The summed E-state index contributed by atoms with van der Waals surface area (Å²) in [7, 11) is 1.66. The Morgan fingerprint density at radius 2 is 2.32 bits per heavy atom. The van der Waals surface area contributed by atoms with E-state index in [2.05, 4.69) is 38.2 Å². The third-order valence-corrected chi connectivity index (χ3v) is 5.90. The molecule has 1 aliphatic rings. The zero-order valence-electron chi connectivity index (χ0n) is 12.8. The van der Waals surface area contributed by atoms with Crippen molar-refractivity contribution < 1.29 is 0 Å². The fourth-order valence-corrected chi connectivity index (χ4v) is 4.43. The molecule has 0 spiro atoms. The van der Waals surface area contributed by atoms with Gasteiger partial charge in [-0.05, 0) is 35.2 Å². The van der Waals surface area contributed by atoms with Crippen LogP contribution in [0.15, 0.2) is 20.8 Å². The number of hydrogen-bond acceptors (Lipinski definition) is 5. The lowest BCUT2D eigenvalue weighted by Crippen LogP contribution is -2.36. The molecule has 1 fully saturated rings. The van der Waals surface area contributed by atoms with E-state index in [1.165, 1.54) is 15.4 Å². The second-order valence-electron chi connectivity index (χ2n) is 5.59. The molecule has 22 heavy (non-hydrogen) atoms. The molecule has 2 aromatic heterocycles. The van der Waals surface area contributed by atoms with Crippen LogP contribution in [0.1, 0.15) is 36.4 Å². The molecule has 7 heteroatoms. The maximum Gasteiger partial charge on any atom is 0.282 e. The third-order valence-electron chi connectivity index (χ3n) is 4.10. The smallest absolute Gasteiger partial charge is 0.282 e. The summed E-state index contributed by atoms with van der Waals surface area (Å²) in [5, 5.41) is 7.52. The normalized spacial score (nSPS) is 18.7. The monoisotopic (exact) mass is 382 g/mol. The Morgan fingerprint density at radius 3 is 3.05 bits per heavy atom. The van der Waals surface area contributed by atoms with Crippen molar-refractivity contribution in [3.05, 3.63) is 37.1 Å². The van der Waals surface area contributed by atoms with Gasteiger partial charge in [0.25, 0.3) is 5.56 Å². The Bertz CT molecular complexity index is 727. The Hall–Kier alpha value is -1.21. The fourth-order valence-electron chi connectivity index (χ4n) is 2.79. The van der Waals surface area contributed by atoms with E-state index in [1.807, 2.05) is 0 Å². The van der Waals surface area contributed by atoms with Crippen LogP contribution in [0, 0.1) is 0 Å². The molecule has 0 N–H and O–H groups in total. The van der Waals surface area contributed by atoms with Crippen LogP contribution in [-0.4, -0.2) is 27.9 Å². The second kappa shape index (κ2) is 6.50. The average molecular weight is 383 g/mol. The zero-order chi connectivity index (χ0) is 15.7. The van der Waals surface area contributed by atoms with Gasteiger partial charge in [-0.25, -0.2) is 9.67 Å². The number of rotatable bonds is 3. The molecule has 0 bridgehead atoms. The van der Waals surface area contributed by atoms with Crippen molar-refractivity contribution in [2.45, 2.75) is 32.1 Å². The molecule has 3 rings (SSSR count). The standard InChI is InChI=1S/C15H19BrN4OS/c1-3-11-9-22-14(18-11)10-5-4-6-20(8-10)12-7-17-19(2)15(21)13(12)16/h7,9-10H,3-6,8H2,1-2H3. The number of aryl methyl sites for hydroxylation is 2. The minimum Gasteiger partial charge on any atom is -0.368 e. The topological polar surface area (TPSA) is 51.0 Å². The summed E-state index contributed by atoms with van der Waals surface area (Å²) in [5.74, 6) is 0.440. The van der Waals surface area contributed by atoms with Crippen molar-refractivity contribution in [3.8, 4) is 0 Å². The van der Waals surface area contributed by atoms with Crippen LogP contribution in [0.4, 0.5) is 5.69 Å². The van der Waals surface area contributed by atoms with Crippen molar-refractivity contribution in [2.24, 2.45) is 7.05 Å². The molecule has 118 valence electrons. The molecule has 0 amide bonds. The van der Waals surface area contributed by atoms with E-state index in [1.54, 1.807) is 24.6 Å². The van der Waals surface area contributed by atoms with Gasteiger partial charge in [0.2, 0.25) is 0 Å². The largest absolute Gasteiger partial charge is 0.368 e. The van der Waals surface area contributed by atoms with Crippen LogP contribution in [-0.2, 0) is 13.5 Å². The number of anilines is 1. The van der Waals surface area contributed by atoms with Crippen molar-refractivity contribution in [1.29, 1.82) is 0 Å². The Morgan fingerprint density at radius 1 is 1.50 bits per heavy atom. The van der Waals surface area contributed by atoms with E-state index in [0.717, 1.165) is 38.0 Å². The first-order valence-electron chi connectivity index (χ1n) is 7.51. The molecule has 0 radical (unpaired) electrons. The number of hydrogen-bond donors (Lipinski definition) is 0. The summed E-state index contributed by atoms with van der Waals surface area (Å²) in [6.07, 6.45) is 5.01. The van der Waals surface area contributed by atoms with Gasteiger partial charge in [-0.3, -0.25) is 4.79 Å². The highest BCUT2D eigenvalue weighted by Crippen LogP contribution is 2.33. The lowest BCUT2D eigenvalue weighted by molar-refractivity contribution is 0.505. The number of nitrogens with zero attached hydrogens (tertiary/aromatic N) is 4. The molecule has 1 saturated heterocycles. The van der Waals surface area contributed by atoms with Crippen LogP contribution in [0.25, 0.3) is 0 Å². The Balaban J connectivity index is 1.84. The maximum atomic E-state index is 12.0. The second-order valence-corrected chi connectivity index (χ2v) is 7.27. The first-order valence-corrected chi connectivity index (χ1v) is 9.18. The quantitative estimate of drug-likeness (QED) is 0.818. The van der Waals surface area contributed by atoms with Gasteiger partial charge in [0.15, 0.2) is 0 Å². The first-order chi connectivity index (χ1) is 10.6. The summed E-state index contributed by atoms with van der Waals surface area (Å²) < 4.78 is 1.95. The summed E-state index contributed by atoms with van der Waals surface area (Å²) in [4.78, 5) is 19.0. The molecule has 2 aromatic rings. The molecule has 3 heterocycles. The minimum absolute atomic E-state index is 0.0952. The van der Waals surface area contributed by atoms with Gasteiger partial charge in [0, 0.05) is 31.4 Å². The molecule has 1 atom stereocenters. The van der Waals surface area contributed by atoms with E-state index < -0.39 is 0 Å². The van der Waals surface area contributed by atoms with E-state index in [4.69, 9.17) is 4.98 Å². The Kier molecular flexibility index (Phi) is 4.63. The van der Waals surface area contributed by atoms with Crippen LogP contribution in [0.3, 0.4) is 0 Å². The summed E-state index contributed by atoms with van der Waals surface area (Å²) in [5.41, 5.74) is 1.97. The molecule has 1 unspecified atom stereocenters. The van der Waals surface area contributed by atoms with E-state index >= 15 is 0 Å². The maximum absolute atomic E-state index is 12.0. The lowest BCUT2D eigenvalue weighted by Gasteiger charge is -2.33. The highest BCUT2D eigenvalue weighted by atomic mass is 79.9. The van der Waals surface area contributed by atoms with Gasteiger partial charge >= 0.3 is 0 Å². The van der Waals surface area contributed by atoms with Crippen LogP contribution >= 0.6 is 27.3 Å². The van der Waals surface area contributed by atoms with Crippen molar-refractivity contribution in [3.63, 3.8) is 0 Å². The van der Waals surface area contributed by atoms with Crippen LogP contribution < -0.4 is 10.5 Å². The van der Waals surface area contributed by atoms with E-state index in [0.29, 0.717) is 10.4 Å². The molecule has 0 saturated carbocycles. The summed E-state index contributed by atoms with van der Waals surface area (Å²) in [6, 6.07) is 0. The van der Waals surface area contributed by atoms with Gasteiger partial charge in [0.05, 0.1) is 22.6 Å². The lowest BCUT2D eigenvalue weighted by atomic mass is 9.98. The third kappa shape index (κ3) is 2.96. The first kappa shape index (κ1) is 15.7. The molecule has 0 aromatic carbocycles. The summed E-state index contributed by atoms with van der Waals surface area (Å²) in [6.45, 7) is 3.98. The Labute approximate surface area is 142 Å². The fraction of sp³-hybridized carbons (Fsp3) is 0.533. The molecule has 1 aliphatic heterocycles.